The number of hydrogen-bond acceptors (Lipinski definition) is 3. The molecule has 102 valence electrons. The summed E-state index contributed by atoms with van der Waals surface area (Å²) in [6.07, 6.45) is 3.29. The number of nitrogen functional groups attached to an aromatic ring is 1. The largest absolute Gasteiger partial charge is 0.493 e. The molecule has 0 heterocycles. The van der Waals surface area contributed by atoms with Gasteiger partial charge in [-0.05, 0) is 25.3 Å². The SMILES string of the molecule is CCCOc1cc(N)cc(N(CCC)CCC)c1. The molecule has 0 aliphatic heterocycles. The van der Waals surface area contributed by atoms with Crippen LogP contribution in [0.4, 0.5) is 11.4 Å². The van der Waals surface area contributed by atoms with E-state index in [4.69, 9.17) is 10.5 Å². The lowest BCUT2D eigenvalue weighted by atomic mass is 10.2. The Labute approximate surface area is 111 Å². The van der Waals surface area contributed by atoms with Gasteiger partial charge >= 0.3 is 0 Å². The van der Waals surface area contributed by atoms with E-state index in [0.717, 1.165) is 50.4 Å². The molecule has 1 aromatic carbocycles. The number of rotatable bonds is 8. The average molecular weight is 250 g/mol. The Balaban J connectivity index is 2.87. The van der Waals surface area contributed by atoms with Crippen LogP contribution in [-0.4, -0.2) is 19.7 Å². The van der Waals surface area contributed by atoms with E-state index in [9.17, 15) is 0 Å². The fourth-order valence-corrected chi connectivity index (χ4v) is 2.00. The Kier molecular flexibility index (Phi) is 6.40. The Bertz CT molecular complexity index is 346. The van der Waals surface area contributed by atoms with Crippen molar-refractivity contribution in [3.05, 3.63) is 18.2 Å². The van der Waals surface area contributed by atoms with Gasteiger partial charge in [-0.15, -0.1) is 0 Å². The number of nitrogens with two attached hydrogens (primary N) is 1. The molecule has 0 aromatic heterocycles. The van der Waals surface area contributed by atoms with E-state index >= 15 is 0 Å². The monoisotopic (exact) mass is 250 g/mol. The van der Waals surface area contributed by atoms with Gasteiger partial charge in [0.2, 0.25) is 0 Å². The maximum Gasteiger partial charge on any atom is 0.123 e. The molecule has 1 aromatic rings. The third kappa shape index (κ3) is 4.47. The van der Waals surface area contributed by atoms with E-state index in [1.165, 1.54) is 5.69 Å². The highest BCUT2D eigenvalue weighted by Gasteiger charge is 2.07. The summed E-state index contributed by atoms with van der Waals surface area (Å²) < 4.78 is 5.68. The van der Waals surface area contributed by atoms with E-state index in [1.54, 1.807) is 0 Å². The second-order valence-corrected chi connectivity index (χ2v) is 4.60. The molecule has 0 bridgehead atoms. The van der Waals surface area contributed by atoms with Gasteiger partial charge < -0.3 is 15.4 Å². The van der Waals surface area contributed by atoms with Crippen molar-refractivity contribution in [2.75, 3.05) is 30.3 Å². The summed E-state index contributed by atoms with van der Waals surface area (Å²) >= 11 is 0. The molecule has 0 amide bonds. The smallest absolute Gasteiger partial charge is 0.123 e. The number of anilines is 2. The Morgan fingerprint density at radius 1 is 1.00 bits per heavy atom. The van der Waals surface area contributed by atoms with E-state index in [2.05, 4.69) is 31.7 Å². The minimum Gasteiger partial charge on any atom is -0.493 e. The van der Waals surface area contributed by atoms with Gasteiger partial charge in [0, 0.05) is 36.6 Å². The number of hydrogen-bond donors (Lipinski definition) is 1. The fourth-order valence-electron chi connectivity index (χ4n) is 2.00. The van der Waals surface area contributed by atoms with Gasteiger partial charge in [-0.25, -0.2) is 0 Å². The zero-order valence-corrected chi connectivity index (χ0v) is 11.9. The highest BCUT2D eigenvalue weighted by molar-refractivity contribution is 5.60. The van der Waals surface area contributed by atoms with Crippen molar-refractivity contribution < 1.29 is 4.74 Å². The lowest BCUT2D eigenvalue weighted by Crippen LogP contribution is -2.24. The van der Waals surface area contributed by atoms with Crippen LogP contribution in [0, 0.1) is 0 Å². The van der Waals surface area contributed by atoms with Crippen LogP contribution in [0.15, 0.2) is 18.2 Å². The van der Waals surface area contributed by atoms with Crippen molar-refractivity contribution in [2.45, 2.75) is 40.0 Å². The van der Waals surface area contributed by atoms with Crippen molar-refractivity contribution in [3.8, 4) is 5.75 Å². The van der Waals surface area contributed by atoms with Gasteiger partial charge in [0.1, 0.15) is 5.75 Å². The number of nitrogens with zero attached hydrogens (tertiary/aromatic N) is 1. The first kappa shape index (κ1) is 14.7. The van der Waals surface area contributed by atoms with Gasteiger partial charge in [-0.3, -0.25) is 0 Å². The molecule has 0 fully saturated rings. The van der Waals surface area contributed by atoms with Crippen molar-refractivity contribution in [3.63, 3.8) is 0 Å². The molecule has 18 heavy (non-hydrogen) atoms. The maximum atomic E-state index is 5.95. The van der Waals surface area contributed by atoms with Crippen LogP contribution in [-0.2, 0) is 0 Å². The van der Waals surface area contributed by atoms with Gasteiger partial charge in [-0.2, -0.15) is 0 Å². The minimum atomic E-state index is 0.741. The maximum absolute atomic E-state index is 5.95. The molecule has 3 heteroatoms. The standard InChI is InChI=1S/C15H26N2O/c1-4-7-17(8-5-2)14-10-13(16)11-15(12-14)18-9-6-3/h10-12H,4-9,16H2,1-3H3. The number of benzene rings is 1. The fraction of sp³-hybridized carbons (Fsp3) is 0.600. The molecule has 0 aliphatic rings. The molecule has 0 unspecified atom stereocenters. The summed E-state index contributed by atoms with van der Waals surface area (Å²) in [6, 6.07) is 6.02. The second-order valence-electron chi connectivity index (χ2n) is 4.60. The van der Waals surface area contributed by atoms with Crippen LogP contribution >= 0.6 is 0 Å². The van der Waals surface area contributed by atoms with Crippen LogP contribution in [0.2, 0.25) is 0 Å². The van der Waals surface area contributed by atoms with E-state index in [0.29, 0.717) is 0 Å². The molecule has 2 N–H and O–H groups in total. The summed E-state index contributed by atoms with van der Waals surface area (Å²) in [7, 11) is 0. The normalized spacial score (nSPS) is 10.4. The van der Waals surface area contributed by atoms with Gasteiger partial charge in [0.15, 0.2) is 0 Å². The van der Waals surface area contributed by atoms with E-state index in [1.807, 2.05) is 12.1 Å². The third-order valence-electron chi connectivity index (χ3n) is 2.74. The van der Waals surface area contributed by atoms with Crippen LogP contribution in [0.5, 0.6) is 5.75 Å². The van der Waals surface area contributed by atoms with Gasteiger partial charge in [0.25, 0.3) is 0 Å². The van der Waals surface area contributed by atoms with E-state index < -0.39 is 0 Å². The minimum absolute atomic E-state index is 0.741. The predicted molar refractivity (Wildman–Crippen MR) is 79.4 cm³/mol. The molecular formula is C15H26N2O. The topological polar surface area (TPSA) is 38.5 Å². The Hall–Kier alpha value is -1.38. The van der Waals surface area contributed by atoms with Gasteiger partial charge in [-0.1, -0.05) is 20.8 Å². The second kappa shape index (κ2) is 7.85. The van der Waals surface area contributed by atoms with Crippen molar-refractivity contribution in [1.82, 2.24) is 0 Å². The quantitative estimate of drug-likeness (QED) is 0.715. The molecular weight excluding hydrogens is 224 g/mol. The molecule has 0 radical (unpaired) electrons. The molecule has 0 saturated heterocycles. The summed E-state index contributed by atoms with van der Waals surface area (Å²) in [5, 5.41) is 0. The van der Waals surface area contributed by atoms with Crippen molar-refractivity contribution in [1.29, 1.82) is 0 Å². The zero-order valence-electron chi connectivity index (χ0n) is 11.9. The highest BCUT2D eigenvalue weighted by Crippen LogP contribution is 2.26. The van der Waals surface area contributed by atoms with Crippen LogP contribution in [0.25, 0.3) is 0 Å². The predicted octanol–water partition coefficient (Wildman–Crippen LogP) is 3.68. The van der Waals surface area contributed by atoms with Crippen LogP contribution < -0.4 is 15.4 Å². The van der Waals surface area contributed by atoms with E-state index in [-0.39, 0.29) is 0 Å². The van der Waals surface area contributed by atoms with Gasteiger partial charge in [0.05, 0.1) is 6.61 Å². The Morgan fingerprint density at radius 3 is 2.22 bits per heavy atom. The van der Waals surface area contributed by atoms with Crippen LogP contribution in [0.1, 0.15) is 40.0 Å². The average Bonchev–Trinajstić information content (AvgIpc) is 2.35. The summed E-state index contributed by atoms with van der Waals surface area (Å²) in [5.74, 6) is 0.879. The lowest BCUT2D eigenvalue weighted by Gasteiger charge is -2.24. The molecule has 0 saturated carbocycles. The summed E-state index contributed by atoms with van der Waals surface area (Å²) in [6.45, 7) is 9.36. The van der Waals surface area contributed by atoms with Crippen molar-refractivity contribution >= 4 is 11.4 Å². The molecule has 0 spiro atoms. The summed E-state index contributed by atoms with van der Waals surface area (Å²) in [4.78, 5) is 2.37. The highest BCUT2D eigenvalue weighted by atomic mass is 16.5. The first-order valence-electron chi connectivity index (χ1n) is 6.99. The molecule has 3 nitrogen and oxygen atoms in total. The van der Waals surface area contributed by atoms with Crippen molar-refractivity contribution in [2.24, 2.45) is 0 Å². The third-order valence-corrected chi connectivity index (χ3v) is 2.74. The van der Waals surface area contributed by atoms with Crippen LogP contribution in [0.3, 0.4) is 0 Å². The molecule has 0 aliphatic carbocycles. The first-order valence-corrected chi connectivity index (χ1v) is 6.99. The summed E-state index contributed by atoms with van der Waals surface area (Å²) in [5.41, 5.74) is 7.90. The zero-order chi connectivity index (χ0) is 13.4. The first-order chi connectivity index (χ1) is 8.71. The molecule has 1 rings (SSSR count). The molecule has 0 atom stereocenters. The Morgan fingerprint density at radius 2 is 1.67 bits per heavy atom. The number of ether oxygens (including phenoxy) is 1. The lowest BCUT2D eigenvalue weighted by molar-refractivity contribution is 0.317.